The van der Waals surface area contributed by atoms with Crippen LogP contribution in [-0.2, 0) is 33.8 Å². The van der Waals surface area contributed by atoms with E-state index in [0.29, 0.717) is 46.1 Å². The second-order valence-electron chi connectivity index (χ2n) is 8.91. The van der Waals surface area contributed by atoms with Crippen LogP contribution < -0.4 is 20.7 Å². The molecule has 0 aliphatic heterocycles. The molecule has 0 fully saturated rings. The van der Waals surface area contributed by atoms with Gasteiger partial charge in [-0.05, 0) is 43.2 Å². The number of benzene rings is 2. The minimum Gasteiger partial charge on any atom is -0.495 e. The van der Waals surface area contributed by atoms with Crippen LogP contribution in [0.2, 0.25) is 0 Å². The van der Waals surface area contributed by atoms with Crippen molar-refractivity contribution >= 4 is 35.7 Å². The average molecular weight is 538 g/mol. The number of carboxylic acids is 1. The number of carboxylic acid groups (broad SMARTS) is 1. The third kappa shape index (κ3) is 7.57. The number of ether oxygens (including phenoxy) is 1. The SMILES string of the molecule is COc1cc(CC(=O)N(C)Cc2noc(CC(NC=O)C(=O)O)c2C)ccc1NC(=O)Nc1ccccc1C. The number of hydrogen-bond acceptors (Lipinski definition) is 7. The molecule has 0 aliphatic rings. The zero-order valence-corrected chi connectivity index (χ0v) is 22.1. The number of likely N-dealkylation sites (N-methyl/N-ethyl adjacent to an activating group) is 1. The summed E-state index contributed by atoms with van der Waals surface area (Å²) in [6.45, 7) is 3.75. The highest BCUT2D eigenvalue weighted by molar-refractivity contribution is 6.01. The fourth-order valence-corrected chi connectivity index (χ4v) is 3.79. The van der Waals surface area contributed by atoms with Gasteiger partial charge in [0.25, 0.3) is 0 Å². The highest BCUT2D eigenvalue weighted by atomic mass is 16.5. The molecular formula is C27H31N5O7. The van der Waals surface area contributed by atoms with E-state index in [1.54, 1.807) is 38.2 Å². The lowest BCUT2D eigenvalue weighted by molar-refractivity contribution is -0.140. The fourth-order valence-electron chi connectivity index (χ4n) is 3.79. The number of para-hydroxylation sites is 1. The van der Waals surface area contributed by atoms with Crippen molar-refractivity contribution in [2.45, 2.75) is 39.3 Å². The molecule has 206 valence electrons. The number of nitrogens with zero attached hydrogens (tertiary/aromatic N) is 2. The summed E-state index contributed by atoms with van der Waals surface area (Å²) in [5.74, 6) is -0.691. The molecule has 0 spiro atoms. The van der Waals surface area contributed by atoms with Crippen molar-refractivity contribution in [3.63, 3.8) is 0 Å². The molecule has 0 aliphatic carbocycles. The molecule has 0 radical (unpaired) electrons. The summed E-state index contributed by atoms with van der Waals surface area (Å²) in [5.41, 5.74) is 3.82. The smallest absolute Gasteiger partial charge is 0.326 e. The van der Waals surface area contributed by atoms with Crippen molar-refractivity contribution in [2.75, 3.05) is 24.8 Å². The van der Waals surface area contributed by atoms with Crippen LogP contribution in [-0.4, -0.2) is 59.7 Å². The normalized spacial score (nSPS) is 11.3. The van der Waals surface area contributed by atoms with Gasteiger partial charge in [0.05, 0.1) is 25.8 Å². The van der Waals surface area contributed by atoms with Crippen LogP contribution in [0.5, 0.6) is 5.75 Å². The molecule has 1 unspecified atom stereocenters. The number of aryl methyl sites for hydroxylation is 1. The quantitative estimate of drug-likeness (QED) is 0.256. The predicted octanol–water partition coefficient (Wildman–Crippen LogP) is 2.89. The summed E-state index contributed by atoms with van der Waals surface area (Å²) in [6, 6.07) is 10.9. The summed E-state index contributed by atoms with van der Waals surface area (Å²) in [7, 11) is 3.09. The first-order chi connectivity index (χ1) is 18.6. The number of methoxy groups -OCH3 is 1. The number of urea groups is 1. The minimum absolute atomic E-state index is 0.0661. The zero-order chi connectivity index (χ0) is 28.5. The average Bonchev–Trinajstić information content (AvgIpc) is 3.24. The third-order valence-electron chi connectivity index (χ3n) is 6.15. The summed E-state index contributed by atoms with van der Waals surface area (Å²) in [5, 5.41) is 21.0. The molecule has 12 heteroatoms. The number of hydrogen-bond donors (Lipinski definition) is 4. The molecular weight excluding hydrogens is 506 g/mol. The van der Waals surface area contributed by atoms with Gasteiger partial charge in [-0.15, -0.1) is 0 Å². The Hall–Kier alpha value is -4.87. The van der Waals surface area contributed by atoms with Gasteiger partial charge < -0.3 is 35.2 Å². The van der Waals surface area contributed by atoms with Gasteiger partial charge in [-0.3, -0.25) is 9.59 Å². The van der Waals surface area contributed by atoms with E-state index in [-0.39, 0.29) is 25.3 Å². The van der Waals surface area contributed by atoms with Gasteiger partial charge in [0.2, 0.25) is 12.3 Å². The molecule has 4 amide bonds. The van der Waals surface area contributed by atoms with Gasteiger partial charge in [0, 0.05) is 24.7 Å². The van der Waals surface area contributed by atoms with Crippen LogP contribution >= 0.6 is 0 Å². The van der Waals surface area contributed by atoms with E-state index in [4.69, 9.17) is 9.26 Å². The number of carbonyl (C=O) groups is 4. The lowest BCUT2D eigenvalue weighted by atomic mass is 10.1. The van der Waals surface area contributed by atoms with E-state index in [1.807, 2.05) is 25.1 Å². The maximum Gasteiger partial charge on any atom is 0.326 e. The summed E-state index contributed by atoms with van der Waals surface area (Å²) >= 11 is 0. The Morgan fingerprint density at radius 2 is 1.85 bits per heavy atom. The fraction of sp³-hybridized carbons (Fsp3) is 0.296. The molecule has 4 N–H and O–H groups in total. The molecule has 3 aromatic rings. The zero-order valence-electron chi connectivity index (χ0n) is 22.1. The number of carbonyl (C=O) groups excluding carboxylic acids is 3. The molecule has 1 aromatic heterocycles. The van der Waals surface area contributed by atoms with Gasteiger partial charge >= 0.3 is 12.0 Å². The van der Waals surface area contributed by atoms with E-state index in [0.717, 1.165) is 5.56 Å². The third-order valence-corrected chi connectivity index (χ3v) is 6.15. The van der Waals surface area contributed by atoms with Crippen LogP contribution in [0.1, 0.15) is 28.1 Å². The molecule has 1 heterocycles. The molecule has 39 heavy (non-hydrogen) atoms. The molecule has 1 atom stereocenters. The van der Waals surface area contributed by atoms with E-state index in [9.17, 15) is 24.3 Å². The van der Waals surface area contributed by atoms with Gasteiger partial charge in [0.1, 0.15) is 23.2 Å². The monoisotopic (exact) mass is 537 g/mol. The number of rotatable bonds is 12. The van der Waals surface area contributed by atoms with Gasteiger partial charge in [-0.25, -0.2) is 9.59 Å². The Bertz CT molecular complexity index is 1350. The summed E-state index contributed by atoms with van der Waals surface area (Å²) in [4.78, 5) is 48.8. The Balaban J connectivity index is 1.62. The molecule has 2 aromatic carbocycles. The Kier molecular flexibility index (Phi) is 9.63. The Labute approximate surface area is 225 Å². The first kappa shape index (κ1) is 28.7. The van der Waals surface area contributed by atoms with Crippen molar-refractivity contribution < 1.29 is 33.5 Å². The highest BCUT2D eigenvalue weighted by Crippen LogP contribution is 2.27. The van der Waals surface area contributed by atoms with Crippen molar-refractivity contribution in [3.8, 4) is 5.75 Å². The molecule has 0 bridgehead atoms. The van der Waals surface area contributed by atoms with E-state index in [2.05, 4.69) is 21.1 Å². The van der Waals surface area contributed by atoms with Crippen molar-refractivity contribution in [3.05, 3.63) is 70.6 Å². The Morgan fingerprint density at radius 3 is 2.51 bits per heavy atom. The number of nitrogens with one attached hydrogen (secondary N) is 3. The lowest BCUT2D eigenvalue weighted by Gasteiger charge is -2.17. The number of aromatic nitrogens is 1. The number of aliphatic carboxylic acids is 1. The van der Waals surface area contributed by atoms with Gasteiger partial charge in [-0.1, -0.05) is 29.4 Å². The van der Waals surface area contributed by atoms with Crippen LogP contribution in [0.4, 0.5) is 16.2 Å². The van der Waals surface area contributed by atoms with Gasteiger partial charge in [-0.2, -0.15) is 0 Å². The first-order valence-electron chi connectivity index (χ1n) is 12.0. The van der Waals surface area contributed by atoms with E-state index in [1.165, 1.54) is 12.0 Å². The lowest BCUT2D eigenvalue weighted by Crippen LogP contribution is -2.37. The molecule has 12 nitrogen and oxygen atoms in total. The second-order valence-corrected chi connectivity index (χ2v) is 8.91. The van der Waals surface area contributed by atoms with Gasteiger partial charge in [0.15, 0.2) is 0 Å². The molecule has 0 saturated heterocycles. The van der Waals surface area contributed by atoms with Crippen LogP contribution in [0.15, 0.2) is 47.0 Å². The largest absolute Gasteiger partial charge is 0.495 e. The minimum atomic E-state index is -1.20. The molecule has 0 saturated carbocycles. The Morgan fingerprint density at radius 1 is 1.13 bits per heavy atom. The van der Waals surface area contributed by atoms with Crippen molar-refractivity contribution in [1.29, 1.82) is 0 Å². The van der Waals surface area contributed by atoms with E-state index >= 15 is 0 Å². The second kappa shape index (κ2) is 13.1. The standard InChI is InChI=1S/C27H31N5O7/c1-16-7-5-6-8-19(16)29-27(37)30-20-10-9-18(11-24(20)38-4)12-25(34)32(3)14-22-17(2)23(39-31-22)13-21(26(35)36)28-15-33/h5-11,15,21H,12-14H2,1-4H3,(H,28,33)(H,35,36)(H2,29,30,37). The van der Waals surface area contributed by atoms with Crippen LogP contribution in [0.3, 0.4) is 0 Å². The summed E-state index contributed by atoms with van der Waals surface area (Å²) < 4.78 is 10.7. The molecule has 3 rings (SSSR count). The summed E-state index contributed by atoms with van der Waals surface area (Å²) in [6.07, 6.45) is 0.306. The number of anilines is 2. The topological polar surface area (TPSA) is 163 Å². The highest BCUT2D eigenvalue weighted by Gasteiger charge is 2.23. The maximum absolute atomic E-state index is 12.9. The maximum atomic E-state index is 12.9. The van der Waals surface area contributed by atoms with Crippen molar-refractivity contribution in [1.82, 2.24) is 15.4 Å². The van der Waals surface area contributed by atoms with Crippen LogP contribution in [0.25, 0.3) is 0 Å². The van der Waals surface area contributed by atoms with Crippen molar-refractivity contribution in [2.24, 2.45) is 0 Å². The van der Waals surface area contributed by atoms with E-state index < -0.39 is 18.0 Å². The van der Waals surface area contributed by atoms with Crippen LogP contribution in [0, 0.1) is 13.8 Å². The predicted molar refractivity (Wildman–Crippen MR) is 143 cm³/mol. The first-order valence-corrected chi connectivity index (χ1v) is 12.0. The number of amides is 4.